The van der Waals surface area contributed by atoms with E-state index in [0.717, 1.165) is 25.1 Å². The van der Waals surface area contributed by atoms with Gasteiger partial charge in [-0.25, -0.2) is 0 Å². The first-order valence-electron chi connectivity index (χ1n) is 3.80. The lowest BCUT2D eigenvalue weighted by Gasteiger charge is -2.06. The molecule has 0 rings (SSSR count). The van der Waals surface area contributed by atoms with Crippen LogP contribution in [0.1, 0.15) is 25.7 Å². The van der Waals surface area contributed by atoms with Crippen LogP contribution in [0.5, 0.6) is 0 Å². The van der Waals surface area contributed by atoms with Crippen molar-refractivity contribution in [1.29, 1.82) is 0 Å². The highest BCUT2D eigenvalue weighted by Crippen LogP contribution is 2.10. The maximum absolute atomic E-state index is 5.35. The van der Waals surface area contributed by atoms with Crippen molar-refractivity contribution < 1.29 is 0 Å². The molecule has 0 amide bonds. The molecule has 0 bridgehead atoms. The molecule has 0 radical (unpaired) electrons. The van der Waals surface area contributed by atoms with Crippen LogP contribution in [0.2, 0.25) is 0 Å². The molecular weight excluding hydrogens is 162 g/mol. The van der Waals surface area contributed by atoms with Gasteiger partial charge in [-0.2, -0.15) is 25.3 Å². The van der Waals surface area contributed by atoms with Crippen LogP contribution >= 0.6 is 25.3 Å². The Morgan fingerprint density at radius 2 is 1.90 bits per heavy atom. The molecule has 1 nitrogen and oxygen atoms in total. The van der Waals surface area contributed by atoms with E-state index in [4.69, 9.17) is 5.73 Å². The molecule has 1 unspecified atom stereocenters. The van der Waals surface area contributed by atoms with Gasteiger partial charge in [0.1, 0.15) is 0 Å². The molecule has 2 N–H and O–H groups in total. The minimum Gasteiger partial charge on any atom is -0.330 e. The van der Waals surface area contributed by atoms with E-state index in [0.29, 0.717) is 5.25 Å². The van der Waals surface area contributed by atoms with Crippen molar-refractivity contribution in [2.24, 2.45) is 5.73 Å². The lowest BCUT2D eigenvalue weighted by molar-refractivity contribution is 0.655. The SMILES string of the molecule is NCCCCC(S)CCS. The van der Waals surface area contributed by atoms with Gasteiger partial charge in [0, 0.05) is 5.25 Å². The van der Waals surface area contributed by atoms with E-state index in [2.05, 4.69) is 25.3 Å². The lowest BCUT2D eigenvalue weighted by Crippen LogP contribution is -2.03. The molecule has 0 fully saturated rings. The quantitative estimate of drug-likeness (QED) is 0.420. The van der Waals surface area contributed by atoms with E-state index in [9.17, 15) is 0 Å². The van der Waals surface area contributed by atoms with E-state index in [1.807, 2.05) is 0 Å². The number of thiol groups is 2. The van der Waals surface area contributed by atoms with Crippen LogP contribution in [0.4, 0.5) is 0 Å². The number of rotatable bonds is 6. The summed E-state index contributed by atoms with van der Waals surface area (Å²) in [5, 5.41) is 0.532. The zero-order chi connectivity index (χ0) is 7.82. The van der Waals surface area contributed by atoms with Gasteiger partial charge in [0.05, 0.1) is 0 Å². The first kappa shape index (κ1) is 10.7. The second kappa shape index (κ2) is 7.76. The van der Waals surface area contributed by atoms with E-state index in [1.54, 1.807) is 0 Å². The van der Waals surface area contributed by atoms with Gasteiger partial charge in [-0.1, -0.05) is 6.42 Å². The van der Waals surface area contributed by atoms with Crippen molar-refractivity contribution in [3.8, 4) is 0 Å². The van der Waals surface area contributed by atoms with E-state index < -0.39 is 0 Å². The minimum absolute atomic E-state index is 0.532. The monoisotopic (exact) mass is 179 g/mol. The van der Waals surface area contributed by atoms with Crippen molar-refractivity contribution in [3.05, 3.63) is 0 Å². The van der Waals surface area contributed by atoms with E-state index in [-0.39, 0.29) is 0 Å². The van der Waals surface area contributed by atoms with Gasteiger partial charge in [0.15, 0.2) is 0 Å². The molecule has 62 valence electrons. The third-order valence-electron chi connectivity index (χ3n) is 1.45. The Morgan fingerprint density at radius 1 is 1.20 bits per heavy atom. The molecule has 10 heavy (non-hydrogen) atoms. The molecule has 0 aliphatic heterocycles. The van der Waals surface area contributed by atoms with Gasteiger partial charge in [-0.3, -0.25) is 0 Å². The Kier molecular flexibility index (Phi) is 8.28. The zero-order valence-corrected chi connectivity index (χ0v) is 8.08. The van der Waals surface area contributed by atoms with Crippen LogP contribution in [-0.2, 0) is 0 Å². The van der Waals surface area contributed by atoms with Crippen molar-refractivity contribution >= 4 is 25.3 Å². The first-order valence-corrected chi connectivity index (χ1v) is 4.95. The van der Waals surface area contributed by atoms with Gasteiger partial charge in [0.2, 0.25) is 0 Å². The Morgan fingerprint density at radius 3 is 2.40 bits per heavy atom. The number of nitrogens with two attached hydrogens (primary N) is 1. The molecule has 0 aromatic heterocycles. The summed E-state index contributed by atoms with van der Waals surface area (Å²) in [4.78, 5) is 0. The second-order valence-electron chi connectivity index (χ2n) is 2.45. The average molecular weight is 179 g/mol. The molecule has 0 saturated heterocycles. The molecule has 0 aliphatic rings. The van der Waals surface area contributed by atoms with Crippen LogP contribution in [0.25, 0.3) is 0 Å². The Bertz CT molecular complexity index is 68.6. The smallest absolute Gasteiger partial charge is 0.00245 e. The highest BCUT2D eigenvalue weighted by atomic mass is 32.1. The zero-order valence-electron chi connectivity index (χ0n) is 6.29. The van der Waals surface area contributed by atoms with Gasteiger partial charge in [0.25, 0.3) is 0 Å². The van der Waals surface area contributed by atoms with Crippen LogP contribution < -0.4 is 5.73 Å². The average Bonchev–Trinajstić information content (AvgIpc) is 1.89. The summed E-state index contributed by atoms with van der Waals surface area (Å²) in [5.74, 6) is 0.941. The first-order chi connectivity index (χ1) is 4.81. The van der Waals surface area contributed by atoms with Gasteiger partial charge < -0.3 is 5.73 Å². The Hall–Kier alpha value is 0.660. The molecule has 1 atom stereocenters. The Labute approximate surface area is 74.6 Å². The molecule has 0 spiro atoms. The predicted molar refractivity (Wildman–Crippen MR) is 54.1 cm³/mol. The molecule has 0 heterocycles. The van der Waals surface area contributed by atoms with Gasteiger partial charge in [-0.15, -0.1) is 0 Å². The summed E-state index contributed by atoms with van der Waals surface area (Å²) in [6, 6.07) is 0. The fourth-order valence-corrected chi connectivity index (χ4v) is 1.64. The molecule has 0 aromatic carbocycles. The van der Waals surface area contributed by atoms with Crippen molar-refractivity contribution in [2.45, 2.75) is 30.9 Å². The third kappa shape index (κ3) is 6.78. The molecule has 3 heteroatoms. The highest BCUT2D eigenvalue weighted by Gasteiger charge is 1.99. The fraction of sp³-hybridized carbons (Fsp3) is 1.00. The summed E-state index contributed by atoms with van der Waals surface area (Å²) in [7, 11) is 0. The van der Waals surface area contributed by atoms with Crippen molar-refractivity contribution in [2.75, 3.05) is 12.3 Å². The van der Waals surface area contributed by atoms with Crippen molar-refractivity contribution in [1.82, 2.24) is 0 Å². The van der Waals surface area contributed by atoms with E-state index >= 15 is 0 Å². The lowest BCUT2D eigenvalue weighted by atomic mass is 10.1. The van der Waals surface area contributed by atoms with Gasteiger partial charge >= 0.3 is 0 Å². The maximum Gasteiger partial charge on any atom is 0.00245 e. The summed E-state index contributed by atoms with van der Waals surface area (Å²) in [5.41, 5.74) is 5.35. The van der Waals surface area contributed by atoms with Crippen LogP contribution in [0, 0.1) is 0 Å². The molecule has 0 aliphatic carbocycles. The normalized spacial score (nSPS) is 13.5. The Balaban J connectivity index is 2.97. The number of hydrogen-bond acceptors (Lipinski definition) is 3. The third-order valence-corrected chi connectivity index (χ3v) is 2.23. The second-order valence-corrected chi connectivity index (χ2v) is 3.63. The van der Waals surface area contributed by atoms with Gasteiger partial charge in [-0.05, 0) is 31.6 Å². The largest absolute Gasteiger partial charge is 0.330 e. The summed E-state index contributed by atoms with van der Waals surface area (Å²) >= 11 is 8.52. The molecule has 0 aromatic rings. The number of unbranched alkanes of at least 4 members (excludes halogenated alkanes) is 1. The molecule has 0 saturated carbocycles. The van der Waals surface area contributed by atoms with Crippen LogP contribution in [0.15, 0.2) is 0 Å². The van der Waals surface area contributed by atoms with Crippen LogP contribution in [0.3, 0.4) is 0 Å². The molecular formula is C7H17NS2. The minimum atomic E-state index is 0.532. The summed E-state index contributed by atoms with van der Waals surface area (Å²) in [6.45, 7) is 0.807. The standard InChI is InChI=1S/C7H17NS2/c8-5-2-1-3-7(10)4-6-9/h7,9-10H,1-6,8H2. The topological polar surface area (TPSA) is 26.0 Å². The van der Waals surface area contributed by atoms with Crippen LogP contribution in [-0.4, -0.2) is 17.5 Å². The highest BCUT2D eigenvalue weighted by molar-refractivity contribution is 7.81. The summed E-state index contributed by atoms with van der Waals surface area (Å²) in [6.07, 6.45) is 4.62. The van der Waals surface area contributed by atoms with Crippen molar-refractivity contribution in [3.63, 3.8) is 0 Å². The predicted octanol–water partition coefficient (Wildman–Crippen LogP) is 1.73. The van der Waals surface area contributed by atoms with E-state index in [1.165, 1.54) is 12.8 Å². The number of hydrogen-bond donors (Lipinski definition) is 3. The maximum atomic E-state index is 5.35. The summed E-state index contributed by atoms with van der Waals surface area (Å²) < 4.78 is 0. The fourth-order valence-electron chi connectivity index (χ4n) is 0.818.